The van der Waals surface area contributed by atoms with Gasteiger partial charge in [0.15, 0.2) is 0 Å². The lowest BCUT2D eigenvalue weighted by Crippen LogP contribution is -2.27. The van der Waals surface area contributed by atoms with Gasteiger partial charge in [0.1, 0.15) is 0 Å². The molecule has 0 saturated carbocycles. The molecule has 0 amide bonds. The SMILES string of the molecule is CCC(CCl)(CCl)Cc1cccc(C)c1. The standard InChI is InChI=1S/C13H18Cl2/c1-3-13(9-14,10-15)8-12-6-4-5-11(2)7-12/h4-7H,3,8-10H2,1-2H3. The number of halogens is 2. The van der Waals surface area contributed by atoms with Gasteiger partial charge in [-0.15, -0.1) is 23.2 Å². The number of rotatable bonds is 5. The zero-order chi connectivity index (χ0) is 11.3. The molecule has 0 aromatic heterocycles. The van der Waals surface area contributed by atoms with Crippen molar-refractivity contribution in [2.75, 3.05) is 11.8 Å². The van der Waals surface area contributed by atoms with Crippen molar-refractivity contribution in [3.05, 3.63) is 35.4 Å². The first-order valence-corrected chi connectivity index (χ1v) is 6.40. The van der Waals surface area contributed by atoms with E-state index in [0.29, 0.717) is 11.8 Å². The molecule has 0 unspecified atom stereocenters. The summed E-state index contributed by atoms with van der Waals surface area (Å²) in [6.45, 7) is 4.26. The predicted molar refractivity (Wildman–Crippen MR) is 69.0 cm³/mol. The molecule has 84 valence electrons. The highest BCUT2D eigenvalue weighted by atomic mass is 35.5. The highest BCUT2D eigenvalue weighted by Gasteiger charge is 2.26. The van der Waals surface area contributed by atoms with E-state index in [1.165, 1.54) is 11.1 Å². The van der Waals surface area contributed by atoms with E-state index in [4.69, 9.17) is 23.2 Å². The lowest BCUT2D eigenvalue weighted by molar-refractivity contribution is 0.362. The number of aryl methyl sites for hydroxylation is 1. The summed E-state index contributed by atoms with van der Waals surface area (Å²) in [5.74, 6) is 1.25. The molecule has 0 aliphatic carbocycles. The zero-order valence-corrected chi connectivity index (χ0v) is 10.9. The first-order valence-electron chi connectivity index (χ1n) is 5.33. The van der Waals surface area contributed by atoms with Crippen LogP contribution < -0.4 is 0 Å². The average Bonchev–Trinajstić information content (AvgIpc) is 2.26. The van der Waals surface area contributed by atoms with Gasteiger partial charge < -0.3 is 0 Å². The Morgan fingerprint density at radius 3 is 2.33 bits per heavy atom. The largest absolute Gasteiger partial charge is 0.126 e. The third kappa shape index (κ3) is 3.39. The maximum Gasteiger partial charge on any atom is 0.0294 e. The van der Waals surface area contributed by atoms with Crippen molar-refractivity contribution in [1.29, 1.82) is 0 Å². The van der Waals surface area contributed by atoms with Gasteiger partial charge in [0.05, 0.1) is 0 Å². The third-order valence-electron chi connectivity index (χ3n) is 2.98. The Balaban J connectivity index is 2.82. The van der Waals surface area contributed by atoms with E-state index in [0.717, 1.165) is 12.8 Å². The fourth-order valence-corrected chi connectivity index (χ4v) is 2.55. The minimum atomic E-state index is 0.0525. The number of hydrogen-bond donors (Lipinski definition) is 0. The summed E-state index contributed by atoms with van der Waals surface area (Å²) in [5.41, 5.74) is 2.68. The van der Waals surface area contributed by atoms with Crippen molar-refractivity contribution in [1.82, 2.24) is 0 Å². The molecular weight excluding hydrogens is 227 g/mol. The van der Waals surface area contributed by atoms with Crippen molar-refractivity contribution in [3.8, 4) is 0 Å². The quantitative estimate of drug-likeness (QED) is 0.674. The van der Waals surface area contributed by atoms with Crippen molar-refractivity contribution in [2.45, 2.75) is 26.7 Å². The van der Waals surface area contributed by atoms with Crippen LogP contribution in [0, 0.1) is 12.3 Å². The van der Waals surface area contributed by atoms with Crippen LogP contribution in [-0.2, 0) is 6.42 Å². The Bertz CT molecular complexity index is 295. The molecule has 0 aliphatic rings. The van der Waals surface area contributed by atoms with Crippen LogP contribution in [-0.4, -0.2) is 11.8 Å². The number of alkyl halides is 2. The first-order chi connectivity index (χ1) is 7.15. The Kier molecular flexibility index (Phi) is 4.95. The molecule has 1 aromatic rings. The van der Waals surface area contributed by atoms with Crippen LogP contribution in [0.1, 0.15) is 24.5 Å². The Hall–Kier alpha value is -0.200. The van der Waals surface area contributed by atoms with Crippen LogP contribution in [0.4, 0.5) is 0 Å². The van der Waals surface area contributed by atoms with E-state index in [-0.39, 0.29) is 5.41 Å². The van der Waals surface area contributed by atoms with Gasteiger partial charge in [0, 0.05) is 17.2 Å². The Labute approximate surface area is 103 Å². The lowest BCUT2D eigenvalue weighted by Gasteiger charge is -2.28. The second-order valence-electron chi connectivity index (χ2n) is 4.29. The minimum absolute atomic E-state index is 0.0525. The molecular formula is C13H18Cl2. The molecule has 0 N–H and O–H groups in total. The first kappa shape index (κ1) is 12.9. The molecule has 15 heavy (non-hydrogen) atoms. The Morgan fingerprint density at radius 1 is 1.20 bits per heavy atom. The molecule has 0 nitrogen and oxygen atoms in total. The van der Waals surface area contributed by atoms with Crippen molar-refractivity contribution < 1.29 is 0 Å². The second-order valence-corrected chi connectivity index (χ2v) is 4.82. The summed E-state index contributed by atoms with van der Waals surface area (Å²) in [5, 5.41) is 0. The van der Waals surface area contributed by atoms with E-state index in [1.807, 2.05) is 0 Å². The highest BCUT2D eigenvalue weighted by molar-refractivity contribution is 6.21. The molecule has 0 heterocycles. The van der Waals surface area contributed by atoms with Gasteiger partial charge in [-0.25, -0.2) is 0 Å². The topological polar surface area (TPSA) is 0 Å². The van der Waals surface area contributed by atoms with Crippen LogP contribution in [0.3, 0.4) is 0 Å². The van der Waals surface area contributed by atoms with Gasteiger partial charge in [-0.1, -0.05) is 36.8 Å². The minimum Gasteiger partial charge on any atom is -0.126 e. The fraction of sp³-hybridized carbons (Fsp3) is 0.538. The van der Waals surface area contributed by atoms with Crippen LogP contribution in [0.2, 0.25) is 0 Å². The molecule has 1 rings (SSSR count). The molecule has 0 spiro atoms. The van der Waals surface area contributed by atoms with E-state index in [1.54, 1.807) is 0 Å². The molecule has 0 aliphatic heterocycles. The molecule has 2 heteroatoms. The normalized spacial score (nSPS) is 11.7. The molecule has 1 aromatic carbocycles. The summed E-state index contributed by atoms with van der Waals surface area (Å²) >= 11 is 12.1. The van der Waals surface area contributed by atoms with Gasteiger partial charge in [0.2, 0.25) is 0 Å². The molecule has 0 bridgehead atoms. The van der Waals surface area contributed by atoms with Crippen molar-refractivity contribution >= 4 is 23.2 Å². The number of benzene rings is 1. The monoisotopic (exact) mass is 244 g/mol. The van der Waals surface area contributed by atoms with Crippen molar-refractivity contribution in [3.63, 3.8) is 0 Å². The van der Waals surface area contributed by atoms with Gasteiger partial charge in [-0.2, -0.15) is 0 Å². The molecule has 0 atom stereocenters. The third-order valence-corrected chi connectivity index (χ3v) is 4.11. The molecule has 0 fully saturated rings. The second kappa shape index (κ2) is 5.77. The van der Waals surface area contributed by atoms with E-state index in [9.17, 15) is 0 Å². The fourth-order valence-electron chi connectivity index (χ4n) is 1.70. The summed E-state index contributed by atoms with van der Waals surface area (Å²) in [6, 6.07) is 8.56. The van der Waals surface area contributed by atoms with Crippen molar-refractivity contribution in [2.24, 2.45) is 5.41 Å². The van der Waals surface area contributed by atoms with Crippen LogP contribution >= 0.6 is 23.2 Å². The highest BCUT2D eigenvalue weighted by Crippen LogP contribution is 2.30. The van der Waals surface area contributed by atoms with Crippen LogP contribution in [0.5, 0.6) is 0 Å². The van der Waals surface area contributed by atoms with Crippen LogP contribution in [0.15, 0.2) is 24.3 Å². The summed E-state index contributed by atoms with van der Waals surface area (Å²) < 4.78 is 0. The van der Waals surface area contributed by atoms with Gasteiger partial charge in [-0.3, -0.25) is 0 Å². The lowest BCUT2D eigenvalue weighted by atomic mass is 9.82. The van der Waals surface area contributed by atoms with Gasteiger partial charge in [0.25, 0.3) is 0 Å². The average molecular weight is 245 g/mol. The van der Waals surface area contributed by atoms with Gasteiger partial charge in [-0.05, 0) is 25.3 Å². The molecule has 0 radical (unpaired) electrons. The summed E-state index contributed by atoms with van der Waals surface area (Å²) in [7, 11) is 0. The predicted octanol–water partition coefficient (Wildman–Crippen LogP) is 4.41. The van der Waals surface area contributed by atoms with E-state index in [2.05, 4.69) is 38.1 Å². The summed E-state index contributed by atoms with van der Waals surface area (Å²) in [6.07, 6.45) is 1.99. The number of hydrogen-bond acceptors (Lipinski definition) is 0. The zero-order valence-electron chi connectivity index (χ0n) is 9.39. The maximum absolute atomic E-state index is 6.03. The summed E-state index contributed by atoms with van der Waals surface area (Å²) in [4.78, 5) is 0. The Morgan fingerprint density at radius 2 is 1.87 bits per heavy atom. The molecule has 0 saturated heterocycles. The maximum atomic E-state index is 6.03. The van der Waals surface area contributed by atoms with E-state index < -0.39 is 0 Å². The smallest absolute Gasteiger partial charge is 0.0294 e. The van der Waals surface area contributed by atoms with E-state index >= 15 is 0 Å². The van der Waals surface area contributed by atoms with Gasteiger partial charge >= 0.3 is 0 Å². The van der Waals surface area contributed by atoms with Crippen LogP contribution in [0.25, 0.3) is 0 Å².